The van der Waals surface area contributed by atoms with E-state index in [1.807, 2.05) is 0 Å². The predicted molar refractivity (Wildman–Crippen MR) is 233 cm³/mol. The minimum atomic E-state index is -3.92. The number of hydrogen-bond donors (Lipinski definition) is 4. The fraction of sp³-hybridized carbons (Fsp3) is 0.304. The maximum absolute atomic E-state index is 15.5. The second-order valence-corrected chi connectivity index (χ2v) is 17.5. The minimum absolute atomic E-state index is 0.00425. The molecule has 2 aromatic heterocycles. The standard InChI is InChI=1S/C46H44F2N6O10S/c1-2-21-65(62,63)53-34-17-16-33(47)39(40(34)48)41(57)32-24-51-42-31(32)22-28(23-50-42)26-12-14-27(15-13-26)43(58)49-20-7-5-3-4-6-9-29(55)25-64-36-11-8-10-30-38(36)46(61)54(45(30)60)35-18-19-37(56)52-44(35)59/h8,10-17,22-24,35,53H,2-7,9,18-21,25H2,1H3,(H,49,58)(H,50,51)(H,52,56,59). The van der Waals surface area contributed by atoms with Gasteiger partial charge in [-0.3, -0.25) is 48.5 Å². The molecule has 2 aliphatic heterocycles. The number of pyridine rings is 1. The molecule has 5 amide bonds. The van der Waals surface area contributed by atoms with Crippen LogP contribution in [0, 0.1) is 11.6 Å². The van der Waals surface area contributed by atoms with Gasteiger partial charge in [-0.15, -0.1) is 0 Å². The van der Waals surface area contributed by atoms with Gasteiger partial charge in [0.2, 0.25) is 27.6 Å². The highest BCUT2D eigenvalue weighted by Crippen LogP contribution is 2.34. The highest BCUT2D eigenvalue weighted by Gasteiger charge is 2.46. The summed E-state index contributed by atoms with van der Waals surface area (Å²) >= 11 is 0. The zero-order chi connectivity index (χ0) is 46.4. The van der Waals surface area contributed by atoms with E-state index in [4.69, 9.17) is 4.74 Å². The maximum atomic E-state index is 15.5. The summed E-state index contributed by atoms with van der Waals surface area (Å²) in [6, 6.07) is 13.4. The van der Waals surface area contributed by atoms with Crippen LogP contribution < -0.4 is 20.1 Å². The van der Waals surface area contributed by atoms with Crippen LogP contribution in [0.4, 0.5) is 14.5 Å². The molecular formula is C46H44F2N6O10S. The predicted octanol–water partition coefficient (Wildman–Crippen LogP) is 6.01. The Bertz CT molecular complexity index is 2850. The van der Waals surface area contributed by atoms with Gasteiger partial charge in [-0.1, -0.05) is 44.4 Å². The lowest BCUT2D eigenvalue weighted by Gasteiger charge is -2.27. The second-order valence-electron chi connectivity index (χ2n) is 15.7. The Balaban J connectivity index is 0.840. The van der Waals surface area contributed by atoms with Crippen LogP contribution in [0.1, 0.15) is 112 Å². The quantitative estimate of drug-likeness (QED) is 0.0401. The number of imide groups is 2. The van der Waals surface area contributed by atoms with Crippen molar-refractivity contribution in [2.45, 2.75) is 70.8 Å². The lowest BCUT2D eigenvalue weighted by molar-refractivity contribution is -0.136. The van der Waals surface area contributed by atoms with Crippen molar-refractivity contribution in [2.24, 2.45) is 0 Å². The molecular weight excluding hydrogens is 867 g/mol. The number of sulfonamides is 1. The molecule has 1 saturated heterocycles. The van der Waals surface area contributed by atoms with E-state index in [-0.39, 0.29) is 83.2 Å². The molecule has 5 aromatic rings. The van der Waals surface area contributed by atoms with Gasteiger partial charge >= 0.3 is 0 Å². The van der Waals surface area contributed by atoms with E-state index in [9.17, 15) is 46.4 Å². The summed E-state index contributed by atoms with van der Waals surface area (Å²) in [5, 5.41) is 5.32. The van der Waals surface area contributed by atoms with Gasteiger partial charge in [-0.25, -0.2) is 22.2 Å². The highest BCUT2D eigenvalue weighted by atomic mass is 32.2. The molecule has 16 nitrogen and oxygen atoms in total. The number of ketones is 2. The fourth-order valence-corrected chi connectivity index (χ4v) is 8.87. The van der Waals surface area contributed by atoms with Crippen LogP contribution in [0.2, 0.25) is 0 Å². The molecule has 7 rings (SSSR count). The molecule has 19 heteroatoms. The van der Waals surface area contributed by atoms with Gasteiger partial charge < -0.3 is 15.0 Å². The first-order valence-corrected chi connectivity index (χ1v) is 22.7. The number of ether oxygens (including phenoxy) is 1. The molecule has 2 aliphatic rings. The van der Waals surface area contributed by atoms with Crippen molar-refractivity contribution >= 4 is 67.8 Å². The molecule has 65 heavy (non-hydrogen) atoms. The second kappa shape index (κ2) is 19.7. The van der Waals surface area contributed by atoms with E-state index in [0.717, 1.165) is 36.3 Å². The highest BCUT2D eigenvalue weighted by molar-refractivity contribution is 7.92. The average Bonchev–Trinajstić information content (AvgIpc) is 3.82. The Morgan fingerprint density at radius 3 is 2.43 bits per heavy atom. The third kappa shape index (κ3) is 10.1. The van der Waals surface area contributed by atoms with Crippen LogP contribution in [0.15, 0.2) is 73.1 Å². The Labute approximate surface area is 371 Å². The van der Waals surface area contributed by atoms with E-state index >= 15 is 4.39 Å². The van der Waals surface area contributed by atoms with Crippen LogP contribution in [-0.2, 0) is 24.4 Å². The number of unbranched alkanes of at least 4 members (excludes halogenated alkanes) is 4. The average molecular weight is 911 g/mol. The zero-order valence-corrected chi connectivity index (χ0v) is 35.9. The molecule has 338 valence electrons. The zero-order valence-electron chi connectivity index (χ0n) is 35.1. The number of nitrogens with zero attached hydrogens (tertiary/aromatic N) is 2. The molecule has 1 atom stereocenters. The summed E-state index contributed by atoms with van der Waals surface area (Å²) < 4.78 is 62.6. The Morgan fingerprint density at radius 1 is 0.923 bits per heavy atom. The number of hydrogen-bond acceptors (Lipinski definition) is 11. The van der Waals surface area contributed by atoms with E-state index < -0.39 is 68.4 Å². The number of benzene rings is 3. The third-order valence-corrected chi connectivity index (χ3v) is 12.5. The molecule has 4 N–H and O–H groups in total. The number of fused-ring (bicyclic) bond motifs is 2. The van der Waals surface area contributed by atoms with E-state index in [1.165, 1.54) is 24.4 Å². The smallest absolute Gasteiger partial charge is 0.266 e. The molecule has 1 unspecified atom stereocenters. The number of aromatic nitrogens is 2. The topological polar surface area (TPSA) is 231 Å². The molecule has 0 spiro atoms. The molecule has 0 radical (unpaired) electrons. The van der Waals surface area contributed by atoms with Gasteiger partial charge in [-0.2, -0.15) is 0 Å². The number of piperidine rings is 1. The van der Waals surface area contributed by atoms with Crippen molar-refractivity contribution < 1.29 is 55.5 Å². The van der Waals surface area contributed by atoms with Gasteiger partial charge in [0.1, 0.15) is 29.9 Å². The summed E-state index contributed by atoms with van der Waals surface area (Å²) in [5.41, 5.74) is 0.396. The summed E-state index contributed by atoms with van der Waals surface area (Å²) in [6.07, 6.45) is 7.05. The lowest BCUT2D eigenvalue weighted by Crippen LogP contribution is -2.54. The monoisotopic (exact) mass is 910 g/mol. The number of Topliss-reactive ketones (excluding diaryl/α,β-unsaturated/α-hetero) is 1. The molecule has 0 bridgehead atoms. The number of halogens is 2. The molecule has 1 fully saturated rings. The number of rotatable bonds is 20. The van der Waals surface area contributed by atoms with E-state index in [2.05, 4.69) is 25.3 Å². The summed E-state index contributed by atoms with van der Waals surface area (Å²) in [4.78, 5) is 97.3. The summed E-state index contributed by atoms with van der Waals surface area (Å²) in [7, 11) is -3.92. The van der Waals surface area contributed by atoms with Gasteiger partial charge in [0, 0.05) is 53.9 Å². The number of nitrogens with one attached hydrogen (secondary N) is 4. The van der Waals surface area contributed by atoms with Crippen LogP contribution in [0.5, 0.6) is 5.75 Å². The molecule has 0 aliphatic carbocycles. The maximum Gasteiger partial charge on any atom is 0.266 e. The number of amides is 5. The lowest BCUT2D eigenvalue weighted by atomic mass is 9.99. The molecule has 3 aromatic carbocycles. The third-order valence-electron chi connectivity index (χ3n) is 11.0. The summed E-state index contributed by atoms with van der Waals surface area (Å²) in [6.45, 7) is 1.75. The van der Waals surface area contributed by atoms with Gasteiger partial charge in [0.05, 0.1) is 28.1 Å². The van der Waals surface area contributed by atoms with E-state index in [1.54, 1.807) is 43.5 Å². The van der Waals surface area contributed by atoms with Crippen LogP contribution in [0.3, 0.4) is 0 Å². The van der Waals surface area contributed by atoms with Crippen molar-refractivity contribution in [1.29, 1.82) is 0 Å². The minimum Gasteiger partial charge on any atom is -0.485 e. The van der Waals surface area contributed by atoms with Crippen molar-refractivity contribution in [3.05, 3.63) is 113 Å². The van der Waals surface area contributed by atoms with Gasteiger partial charge in [0.25, 0.3) is 17.7 Å². The largest absolute Gasteiger partial charge is 0.485 e. The Kier molecular flexibility index (Phi) is 13.9. The number of carbonyl (C=O) groups is 7. The fourth-order valence-electron chi connectivity index (χ4n) is 7.74. The van der Waals surface area contributed by atoms with Crippen molar-refractivity contribution in [3.8, 4) is 16.9 Å². The molecule has 0 saturated carbocycles. The Morgan fingerprint density at radius 2 is 1.68 bits per heavy atom. The Hall–Kier alpha value is -7.15. The normalized spacial score (nSPS) is 14.9. The van der Waals surface area contributed by atoms with Crippen LogP contribution in [0.25, 0.3) is 22.2 Å². The SMILES string of the molecule is CCCS(=O)(=O)Nc1ccc(F)c(C(=O)c2c[nH]c3ncc(-c4ccc(C(=O)NCCCCCCCC(=O)COc5cccc6c5C(=O)N(C5CCC(=O)NC5=O)C6=O)cc4)cc23)c1F. The molecule has 4 heterocycles. The first kappa shape index (κ1) is 45.9. The van der Waals surface area contributed by atoms with Crippen LogP contribution >= 0.6 is 0 Å². The van der Waals surface area contributed by atoms with Crippen molar-refractivity contribution in [2.75, 3.05) is 23.6 Å². The van der Waals surface area contributed by atoms with Gasteiger partial charge in [0.15, 0.2) is 11.6 Å². The number of H-pyrrole nitrogens is 1. The van der Waals surface area contributed by atoms with Crippen molar-refractivity contribution in [1.82, 2.24) is 25.5 Å². The number of carbonyl (C=O) groups excluding carboxylic acids is 7. The number of aromatic amines is 1. The van der Waals surface area contributed by atoms with Gasteiger partial charge in [-0.05, 0) is 73.7 Å². The first-order chi connectivity index (χ1) is 31.2. The van der Waals surface area contributed by atoms with Crippen molar-refractivity contribution in [3.63, 3.8) is 0 Å². The van der Waals surface area contributed by atoms with Crippen LogP contribution in [-0.4, -0.2) is 89.3 Å². The number of anilines is 1. The van der Waals surface area contributed by atoms with E-state index in [0.29, 0.717) is 36.1 Å². The first-order valence-electron chi connectivity index (χ1n) is 21.1. The summed E-state index contributed by atoms with van der Waals surface area (Å²) in [5.74, 6) is -6.78.